The molecule has 1 aromatic heterocycles. The highest BCUT2D eigenvalue weighted by Crippen LogP contribution is 2.22. The number of hydrogen-bond acceptors (Lipinski definition) is 6. The number of nitrogens with one attached hydrogen (secondary N) is 1. The number of aromatic nitrogens is 2. The summed E-state index contributed by atoms with van der Waals surface area (Å²) in [5.74, 6) is 0.880. The van der Waals surface area contributed by atoms with Crippen molar-refractivity contribution >= 4 is 23.2 Å². The van der Waals surface area contributed by atoms with Gasteiger partial charge in [-0.05, 0) is 24.3 Å². The molecule has 2 aromatic rings. The van der Waals surface area contributed by atoms with E-state index >= 15 is 0 Å². The highest BCUT2D eigenvalue weighted by Gasteiger charge is 2.22. The number of nitrogens with zero attached hydrogens (tertiary/aromatic N) is 4. The number of carbonyl (C=O) groups excluding carboxylic acids is 2. The average molecular weight is 341 g/mol. The smallest absolute Gasteiger partial charge is 0.271 e. The van der Waals surface area contributed by atoms with Gasteiger partial charge < -0.3 is 9.84 Å². The molecule has 0 radical (unpaired) electrons. The van der Waals surface area contributed by atoms with E-state index in [4.69, 9.17) is 4.52 Å². The van der Waals surface area contributed by atoms with E-state index in [1.54, 1.807) is 31.3 Å². The fourth-order valence-corrected chi connectivity index (χ4v) is 2.32. The van der Waals surface area contributed by atoms with Gasteiger partial charge in [0, 0.05) is 37.1 Å². The van der Waals surface area contributed by atoms with Crippen LogP contribution in [0.3, 0.4) is 0 Å². The molecule has 0 saturated carbocycles. The maximum atomic E-state index is 12.2. The Morgan fingerprint density at radius 2 is 1.96 bits per heavy atom. The molecule has 0 bridgehead atoms. The van der Waals surface area contributed by atoms with Gasteiger partial charge >= 0.3 is 0 Å². The first-order valence-electron chi connectivity index (χ1n) is 8.03. The van der Waals surface area contributed by atoms with Crippen LogP contribution in [0.15, 0.2) is 33.9 Å². The van der Waals surface area contributed by atoms with Crippen LogP contribution < -0.4 is 5.32 Å². The zero-order valence-corrected chi connectivity index (χ0v) is 14.3. The third kappa shape index (κ3) is 3.73. The number of anilines is 1. The van der Waals surface area contributed by atoms with Crippen LogP contribution in [0, 0.1) is 0 Å². The van der Waals surface area contributed by atoms with Gasteiger partial charge in [-0.1, -0.05) is 19.0 Å². The van der Waals surface area contributed by atoms with Gasteiger partial charge in [-0.25, -0.2) is 5.01 Å². The van der Waals surface area contributed by atoms with E-state index in [2.05, 4.69) is 20.6 Å². The summed E-state index contributed by atoms with van der Waals surface area (Å²) < 4.78 is 5.24. The van der Waals surface area contributed by atoms with Crippen molar-refractivity contribution in [3.63, 3.8) is 0 Å². The Balaban J connectivity index is 1.69. The molecule has 130 valence electrons. The summed E-state index contributed by atoms with van der Waals surface area (Å²) in [4.78, 5) is 28.0. The largest absolute Gasteiger partial charge is 0.334 e. The predicted octanol–water partition coefficient (Wildman–Crippen LogP) is 2.41. The number of carbonyl (C=O) groups is 2. The lowest BCUT2D eigenvalue weighted by Gasteiger charge is -2.18. The number of hydrogen-bond donors (Lipinski definition) is 1. The summed E-state index contributed by atoms with van der Waals surface area (Å²) >= 11 is 0. The molecule has 1 N–H and O–H groups in total. The molecule has 2 amide bonds. The van der Waals surface area contributed by atoms with Crippen molar-refractivity contribution in [2.24, 2.45) is 5.10 Å². The lowest BCUT2D eigenvalue weighted by Crippen LogP contribution is -2.34. The van der Waals surface area contributed by atoms with Crippen LogP contribution in [0.5, 0.6) is 0 Å². The highest BCUT2D eigenvalue weighted by molar-refractivity contribution is 6.43. The molecule has 0 saturated heterocycles. The minimum atomic E-state index is -0.313. The first-order chi connectivity index (χ1) is 11.9. The summed E-state index contributed by atoms with van der Waals surface area (Å²) in [7, 11) is 1.54. The van der Waals surface area contributed by atoms with Crippen LogP contribution in [-0.4, -0.2) is 39.7 Å². The highest BCUT2D eigenvalue weighted by atomic mass is 16.5. The lowest BCUT2D eigenvalue weighted by molar-refractivity contribution is -0.130. The maximum Gasteiger partial charge on any atom is 0.271 e. The van der Waals surface area contributed by atoms with Crippen molar-refractivity contribution in [1.82, 2.24) is 15.1 Å². The standard InChI is InChI=1S/C17H19N5O3/c1-10(2)15-19-17(25-21-15)11-4-6-12(7-5-11)18-16(24)13-8-9-14(23)22(3)20-13/h4-7,10H,8-9H2,1-3H3,(H,18,24). The van der Waals surface area contributed by atoms with Gasteiger partial charge in [0.1, 0.15) is 5.71 Å². The molecule has 0 fully saturated rings. The quantitative estimate of drug-likeness (QED) is 0.920. The Morgan fingerprint density at radius 1 is 1.24 bits per heavy atom. The SMILES string of the molecule is CC(C)c1noc(-c2ccc(NC(=O)C3=NN(C)C(=O)CC3)cc2)n1. The van der Waals surface area contributed by atoms with Gasteiger partial charge in [0.2, 0.25) is 5.91 Å². The van der Waals surface area contributed by atoms with Crippen LogP contribution in [0.1, 0.15) is 38.4 Å². The van der Waals surface area contributed by atoms with Gasteiger partial charge in [-0.3, -0.25) is 9.59 Å². The van der Waals surface area contributed by atoms with Crippen molar-refractivity contribution in [2.75, 3.05) is 12.4 Å². The summed E-state index contributed by atoms with van der Waals surface area (Å²) in [6.07, 6.45) is 0.629. The molecule has 0 spiro atoms. The van der Waals surface area contributed by atoms with Gasteiger partial charge in [0.15, 0.2) is 5.82 Å². The number of rotatable bonds is 4. The molecule has 0 aliphatic carbocycles. The minimum Gasteiger partial charge on any atom is -0.334 e. The molecule has 2 heterocycles. The van der Waals surface area contributed by atoms with Crippen LogP contribution in [0.2, 0.25) is 0 Å². The third-order valence-corrected chi connectivity index (χ3v) is 3.82. The zero-order chi connectivity index (χ0) is 18.0. The first-order valence-corrected chi connectivity index (χ1v) is 8.03. The van der Waals surface area contributed by atoms with Crippen molar-refractivity contribution < 1.29 is 14.1 Å². The Hall–Kier alpha value is -3.03. The van der Waals surface area contributed by atoms with Crippen molar-refractivity contribution in [3.8, 4) is 11.5 Å². The number of benzene rings is 1. The first kappa shape index (κ1) is 16.8. The van der Waals surface area contributed by atoms with Crippen LogP contribution in [-0.2, 0) is 9.59 Å². The van der Waals surface area contributed by atoms with Crippen molar-refractivity contribution in [3.05, 3.63) is 30.1 Å². The molecule has 1 aliphatic heterocycles. The average Bonchev–Trinajstić information content (AvgIpc) is 3.08. The molecule has 8 nitrogen and oxygen atoms in total. The molecular weight excluding hydrogens is 322 g/mol. The number of amides is 2. The molecule has 0 atom stereocenters. The monoisotopic (exact) mass is 341 g/mol. The topological polar surface area (TPSA) is 101 Å². The van der Waals surface area contributed by atoms with Gasteiger partial charge in [-0.15, -0.1) is 0 Å². The van der Waals surface area contributed by atoms with Gasteiger partial charge in [-0.2, -0.15) is 10.1 Å². The maximum absolute atomic E-state index is 12.2. The summed E-state index contributed by atoms with van der Waals surface area (Å²) in [6.45, 7) is 3.98. The van der Waals surface area contributed by atoms with Crippen LogP contribution in [0.25, 0.3) is 11.5 Å². The second-order valence-electron chi connectivity index (χ2n) is 6.11. The summed E-state index contributed by atoms with van der Waals surface area (Å²) in [5.41, 5.74) is 1.74. The Labute approximate surface area is 144 Å². The second kappa shape index (κ2) is 6.84. The summed E-state index contributed by atoms with van der Waals surface area (Å²) in [6, 6.07) is 7.10. The molecule has 1 aliphatic rings. The van der Waals surface area contributed by atoms with E-state index < -0.39 is 0 Å². The van der Waals surface area contributed by atoms with Gasteiger partial charge in [0.25, 0.3) is 11.8 Å². The van der Waals surface area contributed by atoms with Crippen molar-refractivity contribution in [1.29, 1.82) is 0 Å². The normalized spacial score (nSPS) is 14.6. The van der Waals surface area contributed by atoms with E-state index in [1.807, 2.05) is 13.8 Å². The van der Waals surface area contributed by atoms with Crippen molar-refractivity contribution in [2.45, 2.75) is 32.6 Å². The molecule has 0 unspecified atom stereocenters. The molecule has 3 rings (SSSR count). The van der Waals surface area contributed by atoms with Gasteiger partial charge in [0.05, 0.1) is 0 Å². The summed E-state index contributed by atoms with van der Waals surface area (Å²) in [5, 5.41) is 11.9. The molecule has 25 heavy (non-hydrogen) atoms. The molecule has 8 heteroatoms. The second-order valence-corrected chi connectivity index (χ2v) is 6.11. The van der Waals surface area contributed by atoms with E-state index in [0.29, 0.717) is 29.5 Å². The van der Waals surface area contributed by atoms with E-state index in [0.717, 1.165) is 5.56 Å². The fraction of sp³-hybridized carbons (Fsp3) is 0.353. The number of hydrazone groups is 1. The Kier molecular flexibility index (Phi) is 4.60. The minimum absolute atomic E-state index is 0.0961. The molecular formula is C17H19N5O3. The van der Waals surface area contributed by atoms with E-state index in [1.165, 1.54) is 5.01 Å². The lowest BCUT2D eigenvalue weighted by atomic mass is 10.1. The fourth-order valence-electron chi connectivity index (χ4n) is 2.32. The predicted molar refractivity (Wildman–Crippen MR) is 91.9 cm³/mol. The third-order valence-electron chi connectivity index (χ3n) is 3.82. The zero-order valence-electron chi connectivity index (χ0n) is 14.3. The van der Waals surface area contributed by atoms with Crippen LogP contribution in [0.4, 0.5) is 5.69 Å². The van der Waals surface area contributed by atoms with E-state index in [-0.39, 0.29) is 24.2 Å². The molecule has 1 aromatic carbocycles. The van der Waals surface area contributed by atoms with E-state index in [9.17, 15) is 9.59 Å². The Morgan fingerprint density at radius 3 is 2.56 bits per heavy atom. The van der Waals surface area contributed by atoms with Crippen LogP contribution >= 0.6 is 0 Å². The Bertz CT molecular complexity index is 823.